The van der Waals surface area contributed by atoms with Crippen LogP contribution in [-0.2, 0) is 0 Å². The lowest BCUT2D eigenvalue weighted by Crippen LogP contribution is -2.24. The molecule has 12 aromatic rings. The van der Waals surface area contributed by atoms with E-state index in [4.69, 9.17) is 0 Å². The number of hydrogen-bond donors (Lipinski definition) is 4. The quantitative estimate of drug-likeness (QED) is 0.117. The van der Waals surface area contributed by atoms with Crippen molar-refractivity contribution in [1.29, 1.82) is 0 Å². The maximum atomic E-state index is 4.20. The van der Waals surface area contributed by atoms with Gasteiger partial charge in [0.1, 0.15) is 0 Å². The third kappa shape index (κ3) is 5.30. The molecular formula is C76H56N4. The van der Waals surface area contributed by atoms with Gasteiger partial charge in [-0.2, -0.15) is 0 Å². The molecule has 8 unspecified atom stereocenters. The number of hydrogen-bond acceptors (Lipinski definition) is 0. The number of nitrogens with one attached hydrogen (secondary N) is 4. The molecule has 0 spiro atoms. The average Bonchev–Trinajstić information content (AvgIpc) is 4.39. The summed E-state index contributed by atoms with van der Waals surface area (Å²) in [6, 6.07) is 58.2. The Morgan fingerprint density at radius 2 is 0.375 bits per heavy atom. The van der Waals surface area contributed by atoms with Gasteiger partial charge in [-0.1, -0.05) is 97.1 Å². The minimum Gasteiger partial charge on any atom is -0.354 e. The summed E-state index contributed by atoms with van der Waals surface area (Å²) in [6.45, 7) is 0. The molecular weight excluding hydrogens is 969 g/mol. The summed E-state index contributed by atoms with van der Waals surface area (Å²) in [7, 11) is 0. The number of benzene rings is 8. The fraction of sp³-hybridized carbons (Fsp3) is 0.211. The third-order valence-electron chi connectivity index (χ3n) is 22.4. The molecule has 16 bridgehead atoms. The van der Waals surface area contributed by atoms with Gasteiger partial charge in [-0.05, 0) is 213 Å². The van der Waals surface area contributed by atoms with Crippen LogP contribution in [-0.4, -0.2) is 19.9 Å². The molecule has 0 saturated heterocycles. The molecule has 380 valence electrons. The van der Waals surface area contributed by atoms with Crippen LogP contribution < -0.4 is 21.4 Å². The van der Waals surface area contributed by atoms with Crippen LogP contribution in [0.2, 0.25) is 0 Å². The van der Waals surface area contributed by atoms with Gasteiger partial charge >= 0.3 is 0 Å². The predicted molar refractivity (Wildman–Crippen MR) is 323 cm³/mol. The first-order valence-corrected chi connectivity index (χ1v) is 30.1. The topological polar surface area (TPSA) is 63.2 Å². The van der Waals surface area contributed by atoms with E-state index in [1.165, 1.54) is 228 Å². The van der Waals surface area contributed by atoms with Crippen molar-refractivity contribution in [2.24, 2.45) is 0 Å². The van der Waals surface area contributed by atoms with Gasteiger partial charge in [0, 0.05) is 135 Å². The fourth-order valence-corrected chi connectivity index (χ4v) is 19.1. The molecule has 5 heterocycles. The summed E-state index contributed by atoms with van der Waals surface area (Å²) in [6.07, 6.45) is 19.6. The minimum atomic E-state index is 0.415. The number of H-pyrrole nitrogens is 4. The van der Waals surface area contributed by atoms with Gasteiger partial charge in [0.25, 0.3) is 0 Å². The Hall–Kier alpha value is -8.60. The van der Waals surface area contributed by atoms with E-state index >= 15 is 0 Å². The van der Waals surface area contributed by atoms with Gasteiger partial charge in [-0.25, -0.2) is 0 Å². The van der Waals surface area contributed by atoms with Crippen molar-refractivity contribution in [3.8, 4) is 0 Å². The first-order valence-electron chi connectivity index (χ1n) is 30.1. The lowest BCUT2D eigenvalue weighted by Gasteiger charge is -2.40. The van der Waals surface area contributed by atoms with Crippen LogP contribution in [0.1, 0.15) is 211 Å². The highest BCUT2D eigenvalue weighted by Crippen LogP contribution is 2.58. The van der Waals surface area contributed by atoms with Crippen LogP contribution in [0.25, 0.3) is 67.4 Å². The van der Waals surface area contributed by atoms with E-state index < -0.39 is 0 Å². The zero-order valence-corrected chi connectivity index (χ0v) is 44.4. The molecule has 0 fully saturated rings. The second-order valence-electron chi connectivity index (χ2n) is 25.7. The zero-order valence-electron chi connectivity index (χ0n) is 44.4. The Kier molecular flexibility index (Phi) is 7.83. The molecule has 4 N–H and O–H groups in total. The van der Waals surface area contributed by atoms with E-state index in [1.54, 1.807) is 0 Å². The zero-order chi connectivity index (χ0) is 51.4. The maximum absolute atomic E-state index is 4.20. The molecule has 4 aromatic heterocycles. The highest BCUT2D eigenvalue weighted by molar-refractivity contribution is 6.02. The minimum absolute atomic E-state index is 0.415. The van der Waals surface area contributed by atoms with Crippen molar-refractivity contribution >= 4 is 67.4 Å². The Morgan fingerprint density at radius 1 is 0.200 bits per heavy atom. The second-order valence-corrected chi connectivity index (χ2v) is 25.7. The molecule has 8 aromatic carbocycles. The predicted octanol–water partition coefficient (Wildman–Crippen LogP) is 14.7. The van der Waals surface area contributed by atoms with Crippen LogP contribution in [0.3, 0.4) is 0 Å². The van der Waals surface area contributed by atoms with Gasteiger partial charge in [0.05, 0.1) is 0 Å². The van der Waals surface area contributed by atoms with Crippen molar-refractivity contribution in [3.63, 3.8) is 0 Å². The molecule has 25 rings (SSSR count). The normalized spacial score (nSPS) is 24.0. The summed E-state index contributed by atoms with van der Waals surface area (Å²) in [4.78, 5) is 16.8. The molecule has 12 aliphatic carbocycles. The van der Waals surface area contributed by atoms with E-state index in [0.29, 0.717) is 47.3 Å². The first kappa shape index (κ1) is 42.4. The summed E-state index contributed by atoms with van der Waals surface area (Å²) >= 11 is 0. The van der Waals surface area contributed by atoms with Gasteiger partial charge < -0.3 is 19.9 Å². The standard InChI is InChI=1S/C76H56N4/c1-2-10-38-37(9-1)45-17-18-46(38)54-26-62-61(25-53(45)54)69-33-71-63-27-55-47-19-20-48(40-12-4-3-11-39(40)47)56(55)28-64(63)73(78-71)35-75-67-31-59-51-23-24-52(44-16-8-7-15-43(44)51)60(59)32-68(67)76(80-75)36-74-66-30-58-50-22-21-49(41-13-5-6-14-42(41)50)57(58)29-65(66)72(79-74)34-70(62)77-69/h1-16,25-36,45-52,77-80H,17-24H2. The van der Waals surface area contributed by atoms with Crippen molar-refractivity contribution < 1.29 is 0 Å². The van der Waals surface area contributed by atoms with E-state index in [2.05, 4.69) is 190 Å². The summed E-state index contributed by atoms with van der Waals surface area (Å²) in [5.74, 6) is 3.32. The Balaban J connectivity index is 0.890. The SMILES string of the molecule is C1=c2[nH]c(c3cc4c(cc23)C2CCC4c3ccccc32)=Cc2[nH]c(c3cc4c(cc23)C2CCC4c3ccccc32)C=c2[nH]c(c3cc4c(cc23)C2CCC4c3ccccc32)=Cc2[nH]c1c1cc3c(cc21)C1CCC3c2ccccc21. The Labute approximate surface area is 462 Å². The van der Waals surface area contributed by atoms with Crippen molar-refractivity contribution in [1.82, 2.24) is 19.9 Å². The van der Waals surface area contributed by atoms with Gasteiger partial charge in [0.15, 0.2) is 0 Å². The molecule has 1 aliphatic heterocycles. The van der Waals surface area contributed by atoms with Crippen LogP contribution in [0.5, 0.6) is 0 Å². The fourth-order valence-electron chi connectivity index (χ4n) is 19.1. The van der Waals surface area contributed by atoms with E-state index in [9.17, 15) is 0 Å². The Bertz CT molecular complexity index is 4530. The molecule has 4 heteroatoms. The highest BCUT2D eigenvalue weighted by Gasteiger charge is 2.42. The lowest BCUT2D eigenvalue weighted by molar-refractivity contribution is 0.520. The van der Waals surface area contributed by atoms with Crippen molar-refractivity contribution in [3.05, 3.63) is 279 Å². The van der Waals surface area contributed by atoms with Crippen LogP contribution in [0.4, 0.5) is 0 Å². The number of fused-ring (bicyclic) bond motifs is 24. The average molecular weight is 1030 g/mol. The monoisotopic (exact) mass is 1020 g/mol. The first-order chi connectivity index (χ1) is 39.6. The van der Waals surface area contributed by atoms with Crippen LogP contribution in [0.15, 0.2) is 146 Å². The smallest absolute Gasteiger partial charge is 0.0486 e. The van der Waals surface area contributed by atoms with E-state index in [-0.39, 0.29) is 0 Å². The lowest BCUT2D eigenvalue weighted by atomic mass is 9.63. The molecule has 80 heavy (non-hydrogen) atoms. The number of rotatable bonds is 0. The van der Waals surface area contributed by atoms with Gasteiger partial charge in [-0.3, -0.25) is 0 Å². The molecule has 0 saturated carbocycles. The molecule has 4 nitrogen and oxygen atoms in total. The van der Waals surface area contributed by atoms with E-state index in [0.717, 1.165) is 0 Å². The maximum Gasteiger partial charge on any atom is 0.0486 e. The second kappa shape index (κ2) is 14.8. The number of aromatic nitrogens is 4. The summed E-state index contributed by atoms with van der Waals surface area (Å²) in [5, 5.41) is 15.1. The molecule has 0 radical (unpaired) electrons. The third-order valence-corrected chi connectivity index (χ3v) is 22.4. The summed E-state index contributed by atoms with van der Waals surface area (Å²) < 4.78 is 0. The van der Waals surface area contributed by atoms with Crippen LogP contribution in [0, 0.1) is 0 Å². The molecule has 8 atom stereocenters. The molecule has 13 aliphatic rings. The van der Waals surface area contributed by atoms with Crippen molar-refractivity contribution in [2.45, 2.75) is 98.7 Å². The number of aromatic amines is 4. The Morgan fingerprint density at radius 3 is 0.562 bits per heavy atom. The van der Waals surface area contributed by atoms with Crippen LogP contribution >= 0.6 is 0 Å². The molecule has 0 amide bonds. The highest BCUT2D eigenvalue weighted by atomic mass is 14.8. The largest absolute Gasteiger partial charge is 0.354 e. The summed E-state index contributed by atoms with van der Waals surface area (Å²) in [5.41, 5.74) is 29.1. The van der Waals surface area contributed by atoms with Gasteiger partial charge in [0.2, 0.25) is 0 Å². The van der Waals surface area contributed by atoms with E-state index in [1.807, 2.05) is 0 Å². The van der Waals surface area contributed by atoms with Gasteiger partial charge in [-0.15, -0.1) is 0 Å². The van der Waals surface area contributed by atoms with Crippen molar-refractivity contribution in [2.75, 3.05) is 0 Å².